The van der Waals surface area contributed by atoms with Crippen LogP contribution in [-0.2, 0) is 0 Å². The smallest absolute Gasteiger partial charge is 0.123 e. The van der Waals surface area contributed by atoms with Gasteiger partial charge in [0.25, 0.3) is 0 Å². The molecule has 1 unspecified atom stereocenters. The van der Waals surface area contributed by atoms with Gasteiger partial charge in [-0.2, -0.15) is 0 Å². The molecule has 0 aliphatic rings. The lowest BCUT2D eigenvalue weighted by Crippen LogP contribution is -2.17. The van der Waals surface area contributed by atoms with Crippen LogP contribution in [-0.4, -0.2) is 13.6 Å². The predicted molar refractivity (Wildman–Crippen MR) is 51.9 cm³/mol. The average Bonchev–Trinajstić information content (AvgIpc) is 2.15. The molecule has 0 heterocycles. The zero-order chi connectivity index (χ0) is 9.68. The van der Waals surface area contributed by atoms with Gasteiger partial charge < -0.3 is 11.1 Å². The standard InChI is InChI=1S/C10H15FN2/c1-13-7-6-10(12)8-2-4-9(11)5-3-8/h2-5,10,13H,6-7,12H2,1H3. The second-order valence-corrected chi connectivity index (χ2v) is 3.05. The van der Waals surface area contributed by atoms with E-state index in [1.165, 1.54) is 12.1 Å². The molecular formula is C10H15FN2. The molecule has 72 valence electrons. The summed E-state index contributed by atoms with van der Waals surface area (Å²) in [6, 6.07) is 6.34. The van der Waals surface area contributed by atoms with E-state index in [4.69, 9.17) is 5.73 Å². The van der Waals surface area contributed by atoms with Gasteiger partial charge in [0.05, 0.1) is 0 Å². The van der Waals surface area contributed by atoms with Crippen LogP contribution in [0.15, 0.2) is 24.3 Å². The van der Waals surface area contributed by atoms with Crippen LogP contribution in [0.3, 0.4) is 0 Å². The summed E-state index contributed by atoms with van der Waals surface area (Å²) in [6.45, 7) is 0.874. The van der Waals surface area contributed by atoms with Crippen molar-refractivity contribution >= 4 is 0 Å². The highest BCUT2D eigenvalue weighted by atomic mass is 19.1. The summed E-state index contributed by atoms with van der Waals surface area (Å²) >= 11 is 0. The molecule has 2 nitrogen and oxygen atoms in total. The Hall–Kier alpha value is -0.930. The van der Waals surface area contributed by atoms with Crippen LogP contribution >= 0.6 is 0 Å². The maximum absolute atomic E-state index is 12.5. The van der Waals surface area contributed by atoms with Crippen molar-refractivity contribution in [1.29, 1.82) is 0 Å². The fraction of sp³-hybridized carbons (Fsp3) is 0.400. The molecule has 1 aromatic rings. The van der Waals surface area contributed by atoms with Crippen molar-refractivity contribution < 1.29 is 4.39 Å². The van der Waals surface area contributed by atoms with Gasteiger partial charge >= 0.3 is 0 Å². The zero-order valence-corrected chi connectivity index (χ0v) is 7.76. The van der Waals surface area contributed by atoms with E-state index in [2.05, 4.69) is 5.32 Å². The molecule has 3 heteroatoms. The summed E-state index contributed by atoms with van der Waals surface area (Å²) in [5.74, 6) is -0.218. The number of hydrogen-bond donors (Lipinski definition) is 2. The van der Waals surface area contributed by atoms with E-state index in [0.717, 1.165) is 18.5 Å². The third-order valence-electron chi connectivity index (χ3n) is 2.00. The van der Waals surface area contributed by atoms with Gasteiger partial charge in [-0.1, -0.05) is 12.1 Å². The van der Waals surface area contributed by atoms with Crippen LogP contribution in [0, 0.1) is 5.82 Å². The SMILES string of the molecule is CNCCC(N)c1ccc(F)cc1. The first-order valence-electron chi connectivity index (χ1n) is 4.39. The molecule has 0 amide bonds. The summed E-state index contributed by atoms with van der Waals surface area (Å²) in [6.07, 6.45) is 0.863. The lowest BCUT2D eigenvalue weighted by atomic mass is 10.1. The third-order valence-corrected chi connectivity index (χ3v) is 2.00. The van der Waals surface area contributed by atoms with E-state index in [1.807, 2.05) is 7.05 Å². The van der Waals surface area contributed by atoms with Gasteiger partial charge in [-0.3, -0.25) is 0 Å². The molecule has 1 atom stereocenters. The number of nitrogens with one attached hydrogen (secondary N) is 1. The molecule has 0 fully saturated rings. The minimum Gasteiger partial charge on any atom is -0.324 e. The van der Waals surface area contributed by atoms with Crippen LogP contribution in [0.5, 0.6) is 0 Å². The first-order valence-corrected chi connectivity index (χ1v) is 4.39. The normalized spacial score (nSPS) is 12.8. The molecule has 1 aromatic carbocycles. The first kappa shape index (κ1) is 10.2. The second kappa shape index (κ2) is 4.94. The van der Waals surface area contributed by atoms with Gasteiger partial charge in [-0.15, -0.1) is 0 Å². The Bertz CT molecular complexity index is 246. The fourth-order valence-electron chi connectivity index (χ4n) is 1.18. The van der Waals surface area contributed by atoms with Gasteiger partial charge in [-0.05, 0) is 37.7 Å². The van der Waals surface area contributed by atoms with E-state index in [-0.39, 0.29) is 11.9 Å². The minimum atomic E-state index is -0.218. The summed E-state index contributed by atoms with van der Waals surface area (Å²) in [5.41, 5.74) is 6.85. The quantitative estimate of drug-likeness (QED) is 0.739. The minimum absolute atomic E-state index is 0.00644. The number of nitrogens with two attached hydrogens (primary N) is 1. The van der Waals surface area contributed by atoms with Crippen LogP contribution < -0.4 is 11.1 Å². The Kier molecular flexibility index (Phi) is 3.86. The van der Waals surface area contributed by atoms with Crippen molar-refractivity contribution in [2.24, 2.45) is 5.73 Å². The Balaban J connectivity index is 2.55. The molecular weight excluding hydrogens is 167 g/mol. The van der Waals surface area contributed by atoms with Crippen molar-refractivity contribution in [2.75, 3.05) is 13.6 Å². The van der Waals surface area contributed by atoms with Crippen LogP contribution in [0.2, 0.25) is 0 Å². The van der Waals surface area contributed by atoms with Crippen molar-refractivity contribution in [1.82, 2.24) is 5.32 Å². The molecule has 0 saturated heterocycles. The number of benzene rings is 1. The Morgan fingerprint density at radius 2 is 2.00 bits per heavy atom. The maximum Gasteiger partial charge on any atom is 0.123 e. The molecule has 0 saturated carbocycles. The van der Waals surface area contributed by atoms with Crippen molar-refractivity contribution in [3.05, 3.63) is 35.6 Å². The van der Waals surface area contributed by atoms with E-state index >= 15 is 0 Å². The maximum atomic E-state index is 12.5. The lowest BCUT2D eigenvalue weighted by molar-refractivity contribution is 0.606. The van der Waals surface area contributed by atoms with Crippen molar-refractivity contribution in [2.45, 2.75) is 12.5 Å². The van der Waals surface area contributed by atoms with E-state index < -0.39 is 0 Å². The highest BCUT2D eigenvalue weighted by Crippen LogP contribution is 2.13. The van der Waals surface area contributed by atoms with Crippen molar-refractivity contribution in [3.63, 3.8) is 0 Å². The molecule has 3 N–H and O–H groups in total. The second-order valence-electron chi connectivity index (χ2n) is 3.05. The molecule has 0 bridgehead atoms. The lowest BCUT2D eigenvalue weighted by Gasteiger charge is -2.10. The van der Waals surface area contributed by atoms with Gasteiger partial charge in [-0.25, -0.2) is 4.39 Å². The molecule has 0 aromatic heterocycles. The van der Waals surface area contributed by atoms with E-state index in [1.54, 1.807) is 12.1 Å². The van der Waals surface area contributed by atoms with Crippen LogP contribution in [0.25, 0.3) is 0 Å². The zero-order valence-electron chi connectivity index (χ0n) is 7.76. The van der Waals surface area contributed by atoms with Crippen molar-refractivity contribution in [3.8, 4) is 0 Å². The van der Waals surface area contributed by atoms with Gasteiger partial charge in [0.2, 0.25) is 0 Å². The van der Waals surface area contributed by atoms with E-state index in [9.17, 15) is 4.39 Å². The molecule has 1 rings (SSSR count). The Morgan fingerprint density at radius 3 is 2.54 bits per heavy atom. The number of rotatable bonds is 4. The summed E-state index contributed by atoms with van der Waals surface area (Å²) in [4.78, 5) is 0. The third kappa shape index (κ3) is 3.13. The summed E-state index contributed by atoms with van der Waals surface area (Å²) in [7, 11) is 1.89. The average molecular weight is 182 g/mol. The Labute approximate surface area is 77.9 Å². The number of hydrogen-bond acceptors (Lipinski definition) is 2. The Morgan fingerprint density at radius 1 is 1.38 bits per heavy atom. The van der Waals surface area contributed by atoms with Crippen LogP contribution in [0.1, 0.15) is 18.0 Å². The van der Waals surface area contributed by atoms with Gasteiger partial charge in [0.1, 0.15) is 5.82 Å². The highest BCUT2D eigenvalue weighted by Gasteiger charge is 2.04. The number of halogens is 1. The predicted octanol–water partition coefficient (Wildman–Crippen LogP) is 1.44. The highest BCUT2D eigenvalue weighted by molar-refractivity contribution is 5.19. The topological polar surface area (TPSA) is 38.0 Å². The van der Waals surface area contributed by atoms with Gasteiger partial charge in [0, 0.05) is 6.04 Å². The first-order chi connectivity index (χ1) is 6.24. The summed E-state index contributed by atoms with van der Waals surface area (Å²) in [5, 5.41) is 3.03. The van der Waals surface area contributed by atoms with Crippen LogP contribution in [0.4, 0.5) is 4.39 Å². The fourth-order valence-corrected chi connectivity index (χ4v) is 1.18. The molecule has 0 radical (unpaired) electrons. The monoisotopic (exact) mass is 182 g/mol. The molecule has 0 aliphatic heterocycles. The molecule has 0 aliphatic carbocycles. The van der Waals surface area contributed by atoms with Gasteiger partial charge in [0.15, 0.2) is 0 Å². The summed E-state index contributed by atoms with van der Waals surface area (Å²) < 4.78 is 12.5. The molecule has 0 spiro atoms. The van der Waals surface area contributed by atoms with E-state index in [0.29, 0.717) is 0 Å². The molecule has 13 heavy (non-hydrogen) atoms. The largest absolute Gasteiger partial charge is 0.324 e.